The molecule has 4 heterocycles. The van der Waals surface area contributed by atoms with Crippen molar-refractivity contribution in [2.75, 3.05) is 0 Å². The first kappa shape index (κ1) is 16.1. The number of aromatic nitrogens is 5. The van der Waals surface area contributed by atoms with Gasteiger partial charge in [-0.2, -0.15) is 10.2 Å². The number of ether oxygens (including phenoxy) is 1. The third-order valence-electron chi connectivity index (χ3n) is 3.80. The Labute approximate surface area is 147 Å². The highest BCUT2D eigenvalue weighted by Gasteiger charge is 2.12. The van der Waals surface area contributed by atoms with Crippen LogP contribution in [0.1, 0.15) is 17.7 Å². The van der Waals surface area contributed by atoms with E-state index in [2.05, 4.69) is 20.3 Å². The third kappa shape index (κ3) is 3.08. The second-order valence-corrected chi connectivity index (χ2v) is 5.65. The molecule has 6 nitrogen and oxygen atoms in total. The Morgan fingerprint density at radius 1 is 1.00 bits per heavy atom. The van der Waals surface area contributed by atoms with E-state index in [1.54, 1.807) is 35.1 Å². The van der Waals surface area contributed by atoms with Crippen LogP contribution in [0.4, 0.5) is 8.78 Å². The molecule has 0 radical (unpaired) electrons. The van der Waals surface area contributed by atoms with Crippen molar-refractivity contribution in [1.82, 2.24) is 24.8 Å². The van der Waals surface area contributed by atoms with E-state index in [1.807, 2.05) is 19.1 Å². The normalized spacial score (nSPS) is 11.2. The number of pyridine rings is 2. The maximum Gasteiger partial charge on any atom is 0.265 e. The van der Waals surface area contributed by atoms with Gasteiger partial charge in [-0.15, -0.1) is 5.10 Å². The number of fused-ring (bicyclic) bond motifs is 1. The fourth-order valence-corrected chi connectivity index (χ4v) is 2.48. The van der Waals surface area contributed by atoms with E-state index in [-0.39, 0.29) is 5.56 Å². The molecule has 0 aromatic carbocycles. The summed E-state index contributed by atoms with van der Waals surface area (Å²) >= 11 is 0. The first-order valence-electron chi connectivity index (χ1n) is 7.80. The number of nitrogens with zero attached hydrogens (tertiary/aromatic N) is 5. The highest BCUT2D eigenvalue weighted by atomic mass is 19.3. The van der Waals surface area contributed by atoms with Crippen molar-refractivity contribution in [2.24, 2.45) is 0 Å². The van der Waals surface area contributed by atoms with E-state index in [0.29, 0.717) is 17.3 Å². The Morgan fingerprint density at radius 2 is 1.88 bits per heavy atom. The van der Waals surface area contributed by atoms with Gasteiger partial charge in [-0.25, -0.2) is 13.3 Å². The summed E-state index contributed by atoms with van der Waals surface area (Å²) in [6.07, 6.45) is 1.98. The first-order valence-corrected chi connectivity index (χ1v) is 7.80. The van der Waals surface area contributed by atoms with Crippen molar-refractivity contribution in [1.29, 1.82) is 0 Å². The molecule has 4 aromatic heterocycles. The molecule has 0 saturated carbocycles. The molecule has 26 heavy (non-hydrogen) atoms. The lowest BCUT2D eigenvalue weighted by molar-refractivity contribution is 0.151. The smallest absolute Gasteiger partial charge is 0.265 e. The summed E-state index contributed by atoms with van der Waals surface area (Å²) in [7, 11) is 0. The van der Waals surface area contributed by atoms with Gasteiger partial charge in [0.25, 0.3) is 6.43 Å². The lowest BCUT2D eigenvalue weighted by Crippen LogP contribution is -1.94. The van der Waals surface area contributed by atoms with Crippen molar-refractivity contribution < 1.29 is 13.5 Å². The van der Waals surface area contributed by atoms with E-state index >= 15 is 0 Å². The standard InChI is InChI=1S/C18H13F2N5O/c1-11-2-7-17(24-23-11)26-13-4-6-16-14(9-22-25(16)10-13)15-5-3-12(8-21-15)18(19)20/h2-10,18H,1H3. The number of aryl methyl sites for hydroxylation is 1. The van der Waals surface area contributed by atoms with Crippen LogP contribution in [-0.2, 0) is 0 Å². The Hall–Kier alpha value is -3.42. The average Bonchev–Trinajstić information content (AvgIpc) is 3.07. The summed E-state index contributed by atoms with van der Waals surface area (Å²) in [5.41, 5.74) is 2.79. The van der Waals surface area contributed by atoms with E-state index in [1.165, 1.54) is 12.3 Å². The van der Waals surface area contributed by atoms with Crippen LogP contribution in [0.25, 0.3) is 16.8 Å². The van der Waals surface area contributed by atoms with Gasteiger partial charge in [0.15, 0.2) is 0 Å². The zero-order valence-corrected chi connectivity index (χ0v) is 13.7. The minimum absolute atomic E-state index is 0.111. The largest absolute Gasteiger partial charge is 0.436 e. The summed E-state index contributed by atoms with van der Waals surface area (Å²) in [5, 5.41) is 12.2. The van der Waals surface area contributed by atoms with Crippen LogP contribution in [0.5, 0.6) is 11.6 Å². The molecule has 8 heteroatoms. The average molecular weight is 353 g/mol. The molecule has 0 bridgehead atoms. The summed E-state index contributed by atoms with van der Waals surface area (Å²) < 4.78 is 32.6. The molecule has 0 fully saturated rings. The summed E-state index contributed by atoms with van der Waals surface area (Å²) in [5.74, 6) is 0.929. The summed E-state index contributed by atoms with van der Waals surface area (Å²) in [6, 6.07) is 10.1. The van der Waals surface area contributed by atoms with E-state index in [0.717, 1.165) is 16.8 Å². The van der Waals surface area contributed by atoms with Crippen LogP contribution in [0.2, 0.25) is 0 Å². The minimum atomic E-state index is -2.54. The molecule has 0 aliphatic rings. The van der Waals surface area contributed by atoms with Crippen LogP contribution in [-0.4, -0.2) is 24.8 Å². The van der Waals surface area contributed by atoms with Crippen molar-refractivity contribution in [3.8, 4) is 22.9 Å². The van der Waals surface area contributed by atoms with Crippen molar-refractivity contribution in [2.45, 2.75) is 13.3 Å². The molecule has 0 aliphatic heterocycles. The third-order valence-corrected chi connectivity index (χ3v) is 3.80. The number of hydrogen-bond donors (Lipinski definition) is 0. The van der Waals surface area contributed by atoms with Gasteiger partial charge in [0.2, 0.25) is 5.88 Å². The van der Waals surface area contributed by atoms with Gasteiger partial charge < -0.3 is 4.74 Å². The quantitative estimate of drug-likeness (QED) is 0.549. The number of rotatable bonds is 4. The van der Waals surface area contributed by atoms with Crippen molar-refractivity contribution in [3.05, 3.63) is 66.2 Å². The van der Waals surface area contributed by atoms with Crippen LogP contribution in [0, 0.1) is 6.92 Å². The Bertz CT molecular complexity index is 1050. The maximum absolute atomic E-state index is 12.7. The summed E-state index contributed by atoms with van der Waals surface area (Å²) in [6.45, 7) is 1.84. The Kier molecular flexibility index (Phi) is 4.00. The number of hydrogen-bond acceptors (Lipinski definition) is 5. The molecule has 4 rings (SSSR count). The molecule has 130 valence electrons. The molecule has 0 spiro atoms. The summed E-state index contributed by atoms with van der Waals surface area (Å²) in [4.78, 5) is 4.11. The van der Waals surface area contributed by atoms with Crippen molar-refractivity contribution in [3.63, 3.8) is 0 Å². The van der Waals surface area contributed by atoms with E-state index in [9.17, 15) is 8.78 Å². The second-order valence-electron chi connectivity index (χ2n) is 5.65. The molecule has 0 saturated heterocycles. The maximum atomic E-state index is 12.7. The van der Waals surface area contributed by atoms with Crippen LogP contribution in [0.3, 0.4) is 0 Å². The monoisotopic (exact) mass is 353 g/mol. The van der Waals surface area contributed by atoms with Crippen molar-refractivity contribution >= 4 is 5.52 Å². The zero-order chi connectivity index (χ0) is 18.1. The lowest BCUT2D eigenvalue weighted by Gasteiger charge is -2.05. The molecule has 0 amide bonds. The van der Waals surface area contributed by atoms with E-state index < -0.39 is 6.43 Å². The topological polar surface area (TPSA) is 65.2 Å². The number of alkyl halides is 2. The van der Waals surface area contributed by atoms with Gasteiger partial charge in [-0.1, -0.05) is 0 Å². The highest BCUT2D eigenvalue weighted by molar-refractivity contribution is 5.77. The zero-order valence-electron chi connectivity index (χ0n) is 13.7. The van der Waals surface area contributed by atoms with Gasteiger partial charge in [0, 0.05) is 23.4 Å². The Balaban J connectivity index is 1.63. The van der Waals surface area contributed by atoms with Gasteiger partial charge in [-0.05, 0) is 37.3 Å². The molecule has 0 atom stereocenters. The predicted molar refractivity (Wildman–Crippen MR) is 90.2 cm³/mol. The molecule has 0 N–H and O–H groups in total. The Morgan fingerprint density at radius 3 is 2.58 bits per heavy atom. The predicted octanol–water partition coefficient (Wildman–Crippen LogP) is 4.22. The van der Waals surface area contributed by atoms with Crippen LogP contribution >= 0.6 is 0 Å². The molecule has 0 unspecified atom stereocenters. The molecular formula is C18H13F2N5O. The fraction of sp³-hybridized carbons (Fsp3) is 0.111. The fourth-order valence-electron chi connectivity index (χ4n) is 2.48. The SMILES string of the molecule is Cc1ccc(Oc2ccc3c(-c4ccc(C(F)F)cn4)cnn3c2)nn1. The van der Waals surface area contributed by atoms with E-state index in [4.69, 9.17) is 4.74 Å². The molecule has 4 aromatic rings. The second kappa shape index (κ2) is 6.47. The number of halogens is 2. The van der Waals surface area contributed by atoms with Crippen LogP contribution < -0.4 is 4.74 Å². The highest BCUT2D eigenvalue weighted by Crippen LogP contribution is 2.27. The van der Waals surface area contributed by atoms with Gasteiger partial charge in [0.05, 0.1) is 29.3 Å². The van der Waals surface area contributed by atoms with Crippen LogP contribution in [0.15, 0.2) is 55.0 Å². The molecule has 0 aliphatic carbocycles. The first-order chi connectivity index (χ1) is 12.6. The van der Waals surface area contributed by atoms with Gasteiger partial charge in [0.1, 0.15) is 5.75 Å². The molecular weight excluding hydrogens is 340 g/mol. The lowest BCUT2D eigenvalue weighted by atomic mass is 10.1. The minimum Gasteiger partial charge on any atom is -0.436 e. The van der Waals surface area contributed by atoms with Gasteiger partial charge >= 0.3 is 0 Å². The van der Waals surface area contributed by atoms with Gasteiger partial charge in [-0.3, -0.25) is 4.98 Å².